The summed E-state index contributed by atoms with van der Waals surface area (Å²) < 4.78 is 6.08. The summed E-state index contributed by atoms with van der Waals surface area (Å²) in [5.41, 5.74) is 1.93. The van der Waals surface area contributed by atoms with Gasteiger partial charge in [0.25, 0.3) is 0 Å². The van der Waals surface area contributed by atoms with Crippen LogP contribution in [0.1, 0.15) is 24.4 Å². The van der Waals surface area contributed by atoms with E-state index in [-0.39, 0.29) is 12.1 Å². The zero-order chi connectivity index (χ0) is 16.2. The third-order valence-corrected chi connectivity index (χ3v) is 4.82. The first-order valence-corrected chi connectivity index (χ1v) is 8.44. The number of methoxy groups -OCH3 is 1. The third kappa shape index (κ3) is 3.50. The van der Waals surface area contributed by atoms with Gasteiger partial charge in [-0.1, -0.05) is 24.3 Å². The van der Waals surface area contributed by atoms with E-state index in [0.717, 1.165) is 40.9 Å². The Hall–Kier alpha value is -2.01. The molecule has 0 radical (unpaired) electrons. The second-order valence-electron chi connectivity index (χ2n) is 5.53. The average Bonchev–Trinajstić information content (AvgIpc) is 3.07. The fourth-order valence-electron chi connectivity index (χ4n) is 2.93. The molecule has 2 aromatic rings. The number of nitrogens with zero attached hydrogens (tertiary/aromatic N) is 1. The van der Waals surface area contributed by atoms with Gasteiger partial charge in [-0.15, -0.1) is 0 Å². The van der Waals surface area contributed by atoms with Crippen LogP contribution in [0.25, 0.3) is 0 Å². The molecule has 0 spiro atoms. The van der Waals surface area contributed by atoms with E-state index in [4.69, 9.17) is 4.74 Å². The topological polar surface area (TPSA) is 41.6 Å². The highest BCUT2D eigenvalue weighted by Gasteiger charge is 2.30. The fraction of sp³-hybridized carbons (Fsp3) is 0.278. The maximum atomic E-state index is 12.6. The van der Waals surface area contributed by atoms with Gasteiger partial charge < -0.3 is 15.0 Å². The lowest BCUT2D eigenvalue weighted by Gasteiger charge is -2.25. The van der Waals surface area contributed by atoms with Crippen molar-refractivity contribution in [3.63, 3.8) is 0 Å². The van der Waals surface area contributed by atoms with Gasteiger partial charge >= 0.3 is 6.03 Å². The van der Waals surface area contributed by atoms with Crippen molar-refractivity contribution >= 4 is 27.6 Å². The lowest BCUT2D eigenvalue weighted by atomic mass is 10.0. The van der Waals surface area contributed by atoms with Gasteiger partial charge in [-0.2, -0.15) is 0 Å². The Balaban J connectivity index is 1.75. The smallest absolute Gasteiger partial charge is 0.322 e. The molecule has 0 aliphatic carbocycles. The van der Waals surface area contributed by atoms with E-state index in [2.05, 4.69) is 21.2 Å². The van der Waals surface area contributed by atoms with Gasteiger partial charge in [0.1, 0.15) is 5.75 Å². The predicted octanol–water partition coefficient (Wildman–Crippen LogP) is 4.83. The zero-order valence-electron chi connectivity index (χ0n) is 13.0. The van der Waals surface area contributed by atoms with Crippen LogP contribution >= 0.6 is 15.9 Å². The molecule has 23 heavy (non-hydrogen) atoms. The van der Waals surface area contributed by atoms with Crippen LogP contribution in [0.5, 0.6) is 5.75 Å². The zero-order valence-corrected chi connectivity index (χ0v) is 14.5. The molecule has 3 rings (SSSR count). The molecular weight excluding hydrogens is 356 g/mol. The number of hydrogen-bond donors (Lipinski definition) is 1. The molecule has 1 N–H and O–H groups in total. The molecule has 1 atom stereocenters. The number of anilines is 1. The summed E-state index contributed by atoms with van der Waals surface area (Å²) >= 11 is 3.46. The number of halogens is 1. The maximum Gasteiger partial charge on any atom is 0.322 e. The minimum Gasteiger partial charge on any atom is -0.497 e. The molecule has 0 bridgehead atoms. The molecule has 1 fully saturated rings. The number of ether oxygens (including phenoxy) is 1. The van der Waals surface area contributed by atoms with Crippen molar-refractivity contribution in [3.05, 3.63) is 58.6 Å². The minimum atomic E-state index is -0.0600. The van der Waals surface area contributed by atoms with Gasteiger partial charge in [0.2, 0.25) is 0 Å². The molecule has 120 valence electrons. The molecule has 4 nitrogen and oxygen atoms in total. The Kier molecular flexibility index (Phi) is 4.86. The maximum absolute atomic E-state index is 12.6. The summed E-state index contributed by atoms with van der Waals surface area (Å²) in [7, 11) is 1.65. The summed E-state index contributed by atoms with van der Waals surface area (Å²) in [6.45, 7) is 0.771. The van der Waals surface area contributed by atoms with Gasteiger partial charge in [-0.3, -0.25) is 0 Å². The molecule has 2 amide bonds. The van der Waals surface area contributed by atoms with Crippen molar-refractivity contribution < 1.29 is 9.53 Å². The van der Waals surface area contributed by atoms with Crippen LogP contribution in [0.3, 0.4) is 0 Å². The van der Waals surface area contributed by atoms with Crippen LogP contribution < -0.4 is 10.1 Å². The van der Waals surface area contributed by atoms with Gasteiger partial charge in [-0.25, -0.2) is 4.79 Å². The van der Waals surface area contributed by atoms with Crippen LogP contribution in [0.15, 0.2) is 53.0 Å². The van der Waals surface area contributed by atoms with Gasteiger partial charge in [-0.05, 0) is 58.6 Å². The van der Waals surface area contributed by atoms with E-state index in [1.807, 2.05) is 53.4 Å². The summed E-state index contributed by atoms with van der Waals surface area (Å²) in [5, 5.41) is 2.99. The fourth-order valence-corrected chi connectivity index (χ4v) is 3.32. The van der Waals surface area contributed by atoms with E-state index in [9.17, 15) is 4.79 Å². The number of rotatable bonds is 3. The van der Waals surface area contributed by atoms with Gasteiger partial charge in [0.15, 0.2) is 0 Å². The number of hydrogen-bond acceptors (Lipinski definition) is 2. The number of benzene rings is 2. The van der Waals surface area contributed by atoms with E-state index in [1.54, 1.807) is 7.11 Å². The highest BCUT2D eigenvalue weighted by molar-refractivity contribution is 9.10. The molecule has 1 heterocycles. The van der Waals surface area contributed by atoms with E-state index >= 15 is 0 Å². The summed E-state index contributed by atoms with van der Waals surface area (Å²) in [6, 6.07) is 15.6. The SMILES string of the molecule is COc1ccc([C@@H]2CCCN2C(=O)Nc2ccccc2Br)cc1. The van der Waals surface area contributed by atoms with Crippen LogP contribution in [-0.2, 0) is 0 Å². The Morgan fingerprint density at radius 2 is 1.96 bits per heavy atom. The van der Waals surface area contributed by atoms with E-state index in [0.29, 0.717) is 0 Å². The molecular formula is C18H19BrN2O2. The number of nitrogens with one attached hydrogen (secondary N) is 1. The first-order valence-electron chi connectivity index (χ1n) is 7.65. The quantitative estimate of drug-likeness (QED) is 0.835. The van der Waals surface area contributed by atoms with Crippen molar-refractivity contribution in [2.45, 2.75) is 18.9 Å². The summed E-state index contributed by atoms with van der Waals surface area (Å²) in [6.07, 6.45) is 2.00. The third-order valence-electron chi connectivity index (χ3n) is 4.13. The Labute approximate surface area is 144 Å². The van der Waals surface area contributed by atoms with Gasteiger partial charge in [0.05, 0.1) is 18.8 Å². The Morgan fingerprint density at radius 1 is 1.22 bits per heavy atom. The number of carbonyl (C=O) groups is 1. The van der Waals surface area contributed by atoms with Crippen molar-refractivity contribution in [1.82, 2.24) is 4.90 Å². The molecule has 0 aromatic heterocycles. The first-order chi connectivity index (χ1) is 11.2. The second kappa shape index (κ2) is 7.04. The highest BCUT2D eigenvalue weighted by atomic mass is 79.9. The Bertz CT molecular complexity index is 688. The molecule has 1 aliphatic rings. The molecule has 5 heteroatoms. The monoisotopic (exact) mass is 374 g/mol. The normalized spacial score (nSPS) is 17.1. The first kappa shape index (κ1) is 15.9. The molecule has 1 saturated heterocycles. The predicted molar refractivity (Wildman–Crippen MR) is 94.8 cm³/mol. The standard InChI is InChI=1S/C18H19BrN2O2/c1-23-14-10-8-13(9-11-14)17-7-4-12-21(17)18(22)20-16-6-3-2-5-15(16)19/h2-3,5-6,8-11,17H,4,7,12H2,1H3,(H,20,22)/t17-/m0/s1. The summed E-state index contributed by atoms with van der Waals surface area (Å²) in [5.74, 6) is 0.830. The van der Waals surface area contributed by atoms with Crippen LogP contribution in [0.2, 0.25) is 0 Å². The molecule has 1 aliphatic heterocycles. The second-order valence-corrected chi connectivity index (χ2v) is 6.39. The van der Waals surface area contributed by atoms with E-state index in [1.165, 1.54) is 0 Å². The van der Waals surface area contributed by atoms with Crippen molar-refractivity contribution in [3.8, 4) is 5.75 Å². The van der Waals surface area contributed by atoms with E-state index < -0.39 is 0 Å². The van der Waals surface area contributed by atoms with Crippen molar-refractivity contribution in [2.24, 2.45) is 0 Å². The number of para-hydroxylation sites is 1. The molecule has 2 aromatic carbocycles. The van der Waals surface area contributed by atoms with Gasteiger partial charge in [0, 0.05) is 11.0 Å². The largest absolute Gasteiger partial charge is 0.497 e. The van der Waals surface area contributed by atoms with Crippen LogP contribution in [-0.4, -0.2) is 24.6 Å². The number of carbonyl (C=O) groups excluding carboxylic acids is 1. The average molecular weight is 375 g/mol. The lowest BCUT2D eigenvalue weighted by molar-refractivity contribution is 0.207. The van der Waals surface area contributed by atoms with Crippen LogP contribution in [0.4, 0.5) is 10.5 Å². The highest BCUT2D eigenvalue weighted by Crippen LogP contribution is 2.33. The Morgan fingerprint density at radius 3 is 2.65 bits per heavy atom. The minimum absolute atomic E-state index is 0.0600. The van der Waals surface area contributed by atoms with Crippen molar-refractivity contribution in [1.29, 1.82) is 0 Å². The lowest BCUT2D eigenvalue weighted by Crippen LogP contribution is -2.34. The number of likely N-dealkylation sites (tertiary alicyclic amines) is 1. The molecule has 0 saturated carbocycles. The number of amides is 2. The molecule has 0 unspecified atom stereocenters. The van der Waals surface area contributed by atoms with Crippen molar-refractivity contribution in [2.75, 3.05) is 19.0 Å². The van der Waals surface area contributed by atoms with Crippen LogP contribution in [0, 0.1) is 0 Å². The summed E-state index contributed by atoms with van der Waals surface area (Å²) in [4.78, 5) is 14.5. The number of urea groups is 1.